The Kier molecular flexibility index (Phi) is 4.40. The molecule has 0 unspecified atom stereocenters. The number of carbonyl (C=O) groups excluding carboxylic acids is 1. The number of anilines is 1. The van der Waals surface area contributed by atoms with Gasteiger partial charge in [-0.25, -0.2) is 4.98 Å². The third kappa shape index (κ3) is 3.58. The Hall–Kier alpha value is -2.64. The highest BCUT2D eigenvalue weighted by molar-refractivity contribution is 6.03. The molecule has 0 saturated heterocycles. The topological polar surface area (TPSA) is 99.4 Å². The average Bonchev–Trinajstić information content (AvgIpc) is 3.27. The van der Waals surface area contributed by atoms with Crippen LogP contribution in [0.2, 0.25) is 0 Å². The van der Waals surface area contributed by atoms with Gasteiger partial charge < -0.3 is 19.3 Å². The molecule has 1 aliphatic carbocycles. The van der Waals surface area contributed by atoms with Crippen molar-refractivity contribution >= 4 is 11.6 Å². The summed E-state index contributed by atoms with van der Waals surface area (Å²) in [5.74, 6) is 1.01. The minimum Gasteiger partial charge on any atom is -0.476 e. The Balaban J connectivity index is 1.75. The molecule has 1 N–H and O–H groups in total. The highest BCUT2D eigenvalue weighted by atomic mass is 16.5. The molecule has 122 valence electrons. The first-order valence-electron chi connectivity index (χ1n) is 7.61. The number of carbonyl (C=O) groups is 1. The fourth-order valence-electron chi connectivity index (χ4n) is 2.02. The summed E-state index contributed by atoms with van der Waals surface area (Å²) in [7, 11) is 0. The Labute approximate surface area is 133 Å². The standard InChI is InChI=1S/C15H18N4O4/c1-3-21-14-11(8-16-15(18-14)22-4-2)17-13(20)10-7-12(23-19-10)9-5-6-9/h7-9H,3-6H2,1-2H3,(H,17,20). The molecule has 2 heterocycles. The van der Waals surface area contributed by atoms with E-state index in [0.717, 1.165) is 18.6 Å². The molecule has 3 rings (SSSR count). The van der Waals surface area contributed by atoms with Crippen LogP contribution >= 0.6 is 0 Å². The van der Waals surface area contributed by atoms with Gasteiger partial charge in [0.1, 0.15) is 11.4 Å². The smallest absolute Gasteiger partial charge is 0.319 e. The zero-order valence-corrected chi connectivity index (χ0v) is 13.0. The number of hydrogen-bond donors (Lipinski definition) is 1. The molecule has 1 saturated carbocycles. The van der Waals surface area contributed by atoms with Gasteiger partial charge in [0.05, 0.1) is 19.4 Å². The molecule has 0 aromatic carbocycles. The van der Waals surface area contributed by atoms with Gasteiger partial charge in [0.15, 0.2) is 5.69 Å². The molecule has 0 bridgehead atoms. The van der Waals surface area contributed by atoms with E-state index in [2.05, 4.69) is 20.4 Å². The van der Waals surface area contributed by atoms with E-state index in [9.17, 15) is 4.79 Å². The van der Waals surface area contributed by atoms with Crippen LogP contribution in [0.5, 0.6) is 11.9 Å². The van der Waals surface area contributed by atoms with Gasteiger partial charge in [-0.15, -0.1) is 0 Å². The summed E-state index contributed by atoms with van der Waals surface area (Å²) in [5.41, 5.74) is 0.583. The maximum Gasteiger partial charge on any atom is 0.319 e. The highest BCUT2D eigenvalue weighted by Gasteiger charge is 2.29. The SMILES string of the molecule is CCOc1ncc(NC(=O)c2cc(C3CC3)on2)c(OCC)n1. The van der Waals surface area contributed by atoms with E-state index in [-0.39, 0.29) is 17.6 Å². The van der Waals surface area contributed by atoms with Gasteiger partial charge in [-0.2, -0.15) is 4.98 Å². The first-order chi connectivity index (χ1) is 11.2. The van der Waals surface area contributed by atoms with Crippen LogP contribution in [-0.2, 0) is 0 Å². The molecule has 2 aromatic rings. The molecule has 0 spiro atoms. The summed E-state index contributed by atoms with van der Waals surface area (Å²) in [4.78, 5) is 20.4. The quantitative estimate of drug-likeness (QED) is 0.836. The van der Waals surface area contributed by atoms with Crippen molar-refractivity contribution in [2.45, 2.75) is 32.6 Å². The van der Waals surface area contributed by atoms with Gasteiger partial charge in [0.25, 0.3) is 5.91 Å². The Bertz CT molecular complexity index is 697. The van der Waals surface area contributed by atoms with Crippen molar-refractivity contribution in [3.63, 3.8) is 0 Å². The Morgan fingerprint density at radius 2 is 2.13 bits per heavy atom. The molecule has 8 heteroatoms. The number of nitrogens with zero attached hydrogens (tertiary/aromatic N) is 3. The zero-order chi connectivity index (χ0) is 16.2. The van der Waals surface area contributed by atoms with Gasteiger partial charge in [-0.3, -0.25) is 4.79 Å². The number of ether oxygens (including phenoxy) is 2. The Morgan fingerprint density at radius 1 is 1.35 bits per heavy atom. The number of nitrogens with one attached hydrogen (secondary N) is 1. The van der Waals surface area contributed by atoms with Crippen molar-refractivity contribution in [2.24, 2.45) is 0 Å². The molecular formula is C15H18N4O4. The molecule has 1 amide bonds. The normalized spacial score (nSPS) is 13.7. The number of amides is 1. The summed E-state index contributed by atoms with van der Waals surface area (Å²) < 4.78 is 15.8. The van der Waals surface area contributed by atoms with Crippen molar-refractivity contribution in [2.75, 3.05) is 18.5 Å². The van der Waals surface area contributed by atoms with Crippen LogP contribution in [0.15, 0.2) is 16.8 Å². The number of aromatic nitrogens is 3. The maximum absolute atomic E-state index is 12.3. The summed E-state index contributed by atoms with van der Waals surface area (Å²) >= 11 is 0. The lowest BCUT2D eigenvalue weighted by molar-refractivity contribution is 0.101. The molecule has 1 aliphatic rings. The predicted octanol–water partition coefficient (Wildman–Crippen LogP) is 2.39. The first kappa shape index (κ1) is 15.3. The van der Waals surface area contributed by atoms with E-state index >= 15 is 0 Å². The maximum atomic E-state index is 12.3. The van der Waals surface area contributed by atoms with Crippen molar-refractivity contribution in [3.8, 4) is 11.9 Å². The lowest BCUT2D eigenvalue weighted by atomic mass is 10.3. The van der Waals surface area contributed by atoms with E-state index in [1.54, 1.807) is 6.07 Å². The van der Waals surface area contributed by atoms with Crippen molar-refractivity contribution < 1.29 is 18.8 Å². The van der Waals surface area contributed by atoms with Gasteiger partial charge in [0.2, 0.25) is 5.88 Å². The van der Waals surface area contributed by atoms with Crippen LogP contribution in [0.25, 0.3) is 0 Å². The number of hydrogen-bond acceptors (Lipinski definition) is 7. The van der Waals surface area contributed by atoms with Crippen LogP contribution in [0.3, 0.4) is 0 Å². The minimum atomic E-state index is -0.394. The summed E-state index contributed by atoms with van der Waals surface area (Å²) in [6.45, 7) is 4.51. The predicted molar refractivity (Wildman–Crippen MR) is 80.8 cm³/mol. The third-order valence-electron chi connectivity index (χ3n) is 3.28. The molecule has 0 radical (unpaired) electrons. The van der Waals surface area contributed by atoms with Gasteiger partial charge >= 0.3 is 6.01 Å². The van der Waals surface area contributed by atoms with E-state index in [4.69, 9.17) is 14.0 Å². The number of rotatable bonds is 7. The lowest BCUT2D eigenvalue weighted by Crippen LogP contribution is -2.14. The van der Waals surface area contributed by atoms with E-state index in [1.807, 2.05) is 13.8 Å². The molecule has 8 nitrogen and oxygen atoms in total. The molecule has 2 aromatic heterocycles. The summed E-state index contributed by atoms with van der Waals surface area (Å²) in [6.07, 6.45) is 3.61. The second kappa shape index (κ2) is 6.64. The monoisotopic (exact) mass is 318 g/mol. The second-order valence-electron chi connectivity index (χ2n) is 5.08. The minimum absolute atomic E-state index is 0.200. The van der Waals surface area contributed by atoms with E-state index < -0.39 is 5.91 Å². The average molecular weight is 318 g/mol. The van der Waals surface area contributed by atoms with Crippen LogP contribution in [0.4, 0.5) is 5.69 Å². The van der Waals surface area contributed by atoms with Crippen molar-refractivity contribution in [1.82, 2.24) is 15.1 Å². The first-order valence-corrected chi connectivity index (χ1v) is 7.61. The van der Waals surface area contributed by atoms with Gasteiger partial charge in [0, 0.05) is 12.0 Å². The van der Waals surface area contributed by atoms with Crippen molar-refractivity contribution in [1.29, 1.82) is 0 Å². The fourth-order valence-corrected chi connectivity index (χ4v) is 2.02. The molecule has 0 atom stereocenters. The van der Waals surface area contributed by atoms with Crippen LogP contribution in [0.1, 0.15) is 48.9 Å². The molecule has 23 heavy (non-hydrogen) atoms. The van der Waals surface area contributed by atoms with Crippen LogP contribution in [-0.4, -0.2) is 34.2 Å². The van der Waals surface area contributed by atoms with Gasteiger partial charge in [-0.05, 0) is 26.7 Å². The second-order valence-corrected chi connectivity index (χ2v) is 5.08. The summed E-state index contributed by atoms with van der Waals surface area (Å²) in [5, 5.41) is 6.49. The van der Waals surface area contributed by atoms with Crippen LogP contribution < -0.4 is 14.8 Å². The molecular weight excluding hydrogens is 300 g/mol. The third-order valence-corrected chi connectivity index (χ3v) is 3.28. The van der Waals surface area contributed by atoms with E-state index in [0.29, 0.717) is 24.8 Å². The lowest BCUT2D eigenvalue weighted by Gasteiger charge is -2.10. The molecule has 1 fully saturated rings. The van der Waals surface area contributed by atoms with Crippen LogP contribution in [0, 0.1) is 0 Å². The molecule has 0 aliphatic heterocycles. The highest BCUT2D eigenvalue weighted by Crippen LogP contribution is 2.40. The fraction of sp³-hybridized carbons (Fsp3) is 0.467. The zero-order valence-electron chi connectivity index (χ0n) is 13.0. The summed E-state index contributed by atoms with van der Waals surface area (Å²) in [6, 6.07) is 1.87. The largest absolute Gasteiger partial charge is 0.476 e. The van der Waals surface area contributed by atoms with Gasteiger partial charge in [-0.1, -0.05) is 5.16 Å². The van der Waals surface area contributed by atoms with Crippen molar-refractivity contribution in [3.05, 3.63) is 23.7 Å². The van der Waals surface area contributed by atoms with E-state index in [1.165, 1.54) is 6.20 Å². The Morgan fingerprint density at radius 3 is 2.83 bits per heavy atom.